The summed E-state index contributed by atoms with van der Waals surface area (Å²) < 4.78 is 0. The molecule has 1 aromatic heterocycles. The highest BCUT2D eigenvalue weighted by Gasteiger charge is 2.11. The zero-order chi connectivity index (χ0) is 12.8. The molecule has 1 heterocycles. The molecule has 1 rings (SSSR count). The molecule has 0 aliphatic heterocycles. The molecule has 0 aliphatic carbocycles. The van der Waals surface area contributed by atoms with Crippen LogP contribution in [0.4, 0.5) is 11.8 Å². The highest BCUT2D eigenvalue weighted by atomic mass is 16.2. The van der Waals surface area contributed by atoms with E-state index in [4.69, 9.17) is 0 Å². The number of rotatable bonds is 5. The fraction of sp³-hybridized carbons (Fsp3) is 0.545. The third kappa shape index (κ3) is 3.90. The molecule has 6 heteroatoms. The maximum Gasteiger partial charge on any atom is 0.241 e. The number of anilines is 2. The molecule has 0 fully saturated rings. The van der Waals surface area contributed by atoms with Gasteiger partial charge in [-0.25, -0.2) is 4.98 Å². The maximum absolute atomic E-state index is 11.4. The topological polar surface area (TPSA) is 78.9 Å². The molecule has 1 aromatic rings. The summed E-state index contributed by atoms with van der Waals surface area (Å²) in [4.78, 5) is 19.9. The zero-order valence-corrected chi connectivity index (χ0v) is 10.7. The number of aryl methyl sites for hydroxylation is 1. The summed E-state index contributed by atoms with van der Waals surface area (Å²) in [5.41, 5.74) is 0.850. The van der Waals surface area contributed by atoms with Gasteiger partial charge in [0.15, 0.2) is 0 Å². The van der Waals surface area contributed by atoms with Crippen molar-refractivity contribution < 1.29 is 4.79 Å². The van der Waals surface area contributed by atoms with Gasteiger partial charge in [-0.15, -0.1) is 0 Å². The molecule has 94 valence electrons. The van der Waals surface area contributed by atoms with Gasteiger partial charge in [0.25, 0.3) is 0 Å². The minimum absolute atomic E-state index is 0.0775. The molecule has 6 nitrogen and oxygen atoms in total. The highest BCUT2D eigenvalue weighted by Crippen LogP contribution is 2.10. The van der Waals surface area contributed by atoms with Gasteiger partial charge in [-0.1, -0.05) is 0 Å². The van der Waals surface area contributed by atoms with E-state index in [1.165, 1.54) is 0 Å². The summed E-state index contributed by atoms with van der Waals surface area (Å²) in [7, 11) is 1.61. The van der Waals surface area contributed by atoms with Gasteiger partial charge in [0.1, 0.15) is 11.9 Å². The lowest BCUT2D eigenvalue weighted by Gasteiger charge is -2.14. The summed E-state index contributed by atoms with van der Waals surface area (Å²) in [6, 6.07) is 1.48. The Kier molecular flexibility index (Phi) is 4.68. The Morgan fingerprint density at radius 1 is 1.47 bits per heavy atom. The van der Waals surface area contributed by atoms with E-state index in [9.17, 15) is 4.79 Å². The van der Waals surface area contributed by atoms with E-state index in [1.54, 1.807) is 20.0 Å². The first-order chi connectivity index (χ1) is 8.06. The van der Waals surface area contributed by atoms with E-state index in [-0.39, 0.29) is 11.9 Å². The van der Waals surface area contributed by atoms with Gasteiger partial charge in [-0.05, 0) is 20.8 Å². The largest absolute Gasteiger partial charge is 0.358 e. The van der Waals surface area contributed by atoms with Gasteiger partial charge < -0.3 is 16.0 Å². The van der Waals surface area contributed by atoms with Crippen LogP contribution in [-0.2, 0) is 4.79 Å². The Balaban J connectivity index is 2.80. The Hall–Kier alpha value is -1.85. The monoisotopic (exact) mass is 237 g/mol. The maximum atomic E-state index is 11.4. The third-order valence-electron chi connectivity index (χ3n) is 2.19. The smallest absolute Gasteiger partial charge is 0.241 e. The van der Waals surface area contributed by atoms with E-state index in [0.29, 0.717) is 11.8 Å². The van der Waals surface area contributed by atoms with E-state index in [0.717, 1.165) is 12.2 Å². The highest BCUT2D eigenvalue weighted by molar-refractivity contribution is 5.83. The first-order valence-corrected chi connectivity index (χ1v) is 5.64. The molecule has 17 heavy (non-hydrogen) atoms. The summed E-state index contributed by atoms with van der Waals surface area (Å²) >= 11 is 0. The van der Waals surface area contributed by atoms with Crippen LogP contribution in [0.25, 0.3) is 0 Å². The second kappa shape index (κ2) is 6.03. The van der Waals surface area contributed by atoms with Crippen LogP contribution in [0.15, 0.2) is 6.07 Å². The average molecular weight is 237 g/mol. The van der Waals surface area contributed by atoms with Crippen molar-refractivity contribution in [1.82, 2.24) is 15.3 Å². The molecule has 1 unspecified atom stereocenters. The van der Waals surface area contributed by atoms with Crippen molar-refractivity contribution in [3.05, 3.63) is 11.8 Å². The molecular formula is C11H19N5O. The summed E-state index contributed by atoms with van der Waals surface area (Å²) in [5.74, 6) is 1.13. The molecule has 0 aliphatic rings. The van der Waals surface area contributed by atoms with Crippen LogP contribution in [0.1, 0.15) is 19.5 Å². The first-order valence-electron chi connectivity index (χ1n) is 5.64. The summed E-state index contributed by atoms with van der Waals surface area (Å²) in [6.07, 6.45) is 0. The van der Waals surface area contributed by atoms with Crippen molar-refractivity contribution in [2.24, 2.45) is 0 Å². The van der Waals surface area contributed by atoms with Crippen molar-refractivity contribution >= 4 is 17.7 Å². The number of nitrogens with zero attached hydrogens (tertiary/aromatic N) is 2. The quantitative estimate of drug-likeness (QED) is 0.704. The number of carbonyl (C=O) groups excluding carboxylic acids is 1. The van der Waals surface area contributed by atoms with Gasteiger partial charge in [-0.2, -0.15) is 4.98 Å². The van der Waals surface area contributed by atoms with Crippen molar-refractivity contribution in [3.8, 4) is 0 Å². The molecule has 0 saturated carbocycles. The third-order valence-corrected chi connectivity index (χ3v) is 2.19. The number of hydrogen-bond donors (Lipinski definition) is 3. The molecule has 1 amide bonds. The molecule has 0 spiro atoms. The van der Waals surface area contributed by atoms with Crippen LogP contribution >= 0.6 is 0 Å². The van der Waals surface area contributed by atoms with E-state index in [1.807, 2.05) is 13.8 Å². The fourth-order valence-corrected chi connectivity index (χ4v) is 1.38. The van der Waals surface area contributed by atoms with Crippen LogP contribution < -0.4 is 16.0 Å². The van der Waals surface area contributed by atoms with E-state index >= 15 is 0 Å². The average Bonchev–Trinajstić information content (AvgIpc) is 2.27. The fourth-order valence-electron chi connectivity index (χ4n) is 1.38. The second-order valence-electron chi connectivity index (χ2n) is 3.73. The second-order valence-corrected chi connectivity index (χ2v) is 3.73. The van der Waals surface area contributed by atoms with Gasteiger partial charge in [0.2, 0.25) is 11.9 Å². The van der Waals surface area contributed by atoms with Gasteiger partial charge in [0.05, 0.1) is 0 Å². The Bertz CT molecular complexity index is 393. The lowest BCUT2D eigenvalue weighted by Crippen LogP contribution is -2.35. The molecule has 3 N–H and O–H groups in total. The lowest BCUT2D eigenvalue weighted by atomic mass is 10.3. The van der Waals surface area contributed by atoms with Crippen LogP contribution in [0.3, 0.4) is 0 Å². The molecule has 0 aromatic carbocycles. The van der Waals surface area contributed by atoms with E-state index < -0.39 is 0 Å². The number of aromatic nitrogens is 2. The lowest BCUT2D eigenvalue weighted by molar-refractivity contribution is -0.121. The molecule has 0 saturated heterocycles. The first kappa shape index (κ1) is 13.2. The minimum Gasteiger partial charge on any atom is -0.358 e. The molecule has 1 atom stereocenters. The number of amides is 1. The van der Waals surface area contributed by atoms with Crippen LogP contribution in [-0.4, -0.2) is 35.5 Å². The van der Waals surface area contributed by atoms with Crippen LogP contribution in [0.5, 0.6) is 0 Å². The van der Waals surface area contributed by atoms with Crippen molar-refractivity contribution in [3.63, 3.8) is 0 Å². The predicted molar refractivity (Wildman–Crippen MR) is 68.1 cm³/mol. The van der Waals surface area contributed by atoms with Crippen molar-refractivity contribution in [2.75, 3.05) is 24.2 Å². The summed E-state index contributed by atoms with van der Waals surface area (Å²) in [5, 5.41) is 8.65. The molecular weight excluding hydrogens is 218 g/mol. The van der Waals surface area contributed by atoms with Gasteiger partial charge in [-0.3, -0.25) is 4.79 Å². The molecule has 0 radical (unpaired) electrons. The van der Waals surface area contributed by atoms with Crippen LogP contribution in [0, 0.1) is 6.92 Å². The molecule has 0 bridgehead atoms. The van der Waals surface area contributed by atoms with Crippen molar-refractivity contribution in [1.29, 1.82) is 0 Å². The number of hydrogen-bond acceptors (Lipinski definition) is 5. The normalized spacial score (nSPS) is 11.8. The Morgan fingerprint density at radius 2 is 2.18 bits per heavy atom. The Morgan fingerprint density at radius 3 is 2.76 bits per heavy atom. The standard InChI is InChI=1S/C11H19N5O/c1-5-13-11-14-7(2)6-9(16-11)15-8(3)10(17)12-4/h6,8H,5H2,1-4H3,(H,12,17)(H2,13,14,15,16). The Labute approximate surface area is 101 Å². The number of carbonyl (C=O) groups is 1. The summed E-state index contributed by atoms with van der Waals surface area (Å²) in [6.45, 7) is 6.40. The van der Waals surface area contributed by atoms with E-state index in [2.05, 4.69) is 25.9 Å². The van der Waals surface area contributed by atoms with Crippen molar-refractivity contribution in [2.45, 2.75) is 26.8 Å². The van der Waals surface area contributed by atoms with Gasteiger partial charge in [0, 0.05) is 25.4 Å². The minimum atomic E-state index is -0.330. The van der Waals surface area contributed by atoms with Crippen LogP contribution in [0.2, 0.25) is 0 Å². The zero-order valence-electron chi connectivity index (χ0n) is 10.7. The SMILES string of the molecule is CCNc1nc(C)cc(NC(C)C(=O)NC)n1. The predicted octanol–water partition coefficient (Wildman–Crippen LogP) is 0.763. The number of likely N-dealkylation sites (N-methyl/N-ethyl adjacent to an activating group) is 1. The van der Waals surface area contributed by atoms with Gasteiger partial charge >= 0.3 is 0 Å². The number of nitrogens with one attached hydrogen (secondary N) is 3.